The highest BCUT2D eigenvalue weighted by Crippen LogP contribution is 2.65. The fraction of sp³-hybridized carbons (Fsp3) is 0.815. The lowest BCUT2D eigenvalue weighted by Crippen LogP contribution is -2.53. The number of allylic oxidation sites excluding steroid dienone is 3. The number of rotatable bonds is 7. The molecule has 0 aromatic heterocycles. The molecule has 0 aromatic rings. The van der Waals surface area contributed by atoms with E-state index in [0.29, 0.717) is 37.0 Å². The van der Waals surface area contributed by atoms with E-state index in [9.17, 15) is 15.0 Å². The molecule has 4 heteroatoms. The van der Waals surface area contributed by atoms with Gasteiger partial charge in [0.15, 0.2) is 5.78 Å². The van der Waals surface area contributed by atoms with Crippen molar-refractivity contribution in [3.05, 3.63) is 23.8 Å². The summed E-state index contributed by atoms with van der Waals surface area (Å²) in [5.74, 6) is 1.95. The van der Waals surface area contributed by atoms with Crippen LogP contribution in [0.1, 0.15) is 79.6 Å². The molecule has 3 aliphatic carbocycles. The molecule has 174 valence electrons. The average molecular weight is 431 g/mol. The maximum absolute atomic E-state index is 13.9. The molecule has 2 N–H and O–H groups in total. The zero-order chi connectivity index (χ0) is 22.6. The Bertz CT molecular complexity index is 769. The Balaban J connectivity index is 1.61. The molecule has 8 atom stereocenters. The van der Waals surface area contributed by atoms with Crippen LogP contribution in [0.5, 0.6) is 0 Å². The van der Waals surface area contributed by atoms with Gasteiger partial charge in [0.1, 0.15) is 11.7 Å². The number of hydrogen-bond acceptors (Lipinski definition) is 4. The predicted molar refractivity (Wildman–Crippen MR) is 122 cm³/mol. The minimum Gasteiger partial charge on any atom is -0.396 e. The summed E-state index contributed by atoms with van der Waals surface area (Å²) < 4.78 is 6.16. The summed E-state index contributed by atoms with van der Waals surface area (Å²) in [4.78, 5) is 13.9. The van der Waals surface area contributed by atoms with Crippen molar-refractivity contribution in [2.24, 2.45) is 34.5 Å². The van der Waals surface area contributed by atoms with Crippen LogP contribution in [0.15, 0.2) is 23.8 Å². The van der Waals surface area contributed by atoms with E-state index in [1.807, 2.05) is 0 Å². The molecule has 0 radical (unpaired) electrons. The standard InChI is InChI=1S/C27H42O4/c1-17(2)7-6-8-18(3)21-9-10-22(25(21,4)13-14-28)20-15-23-27(31-23)16-19(29)11-12-26(27,5)24(20)30/h6,8,15,17-19,21-23,28-29H,7,9-14,16H2,1-5H3/b8-6+/t18?,19-,21?,22?,23-,25+,26+,27-/m0/s1. The second-order valence-electron chi connectivity index (χ2n) is 11.7. The lowest BCUT2D eigenvalue weighted by atomic mass is 9.55. The molecule has 1 saturated heterocycles. The van der Waals surface area contributed by atoms with E-state index >= 15 is 0 Å². The predicted octanol–water partition coefficient (Wildman–Crippen LogP) is 4.84. The molecule has 4 rings (SSSR count). The van der Waals surface area contributed by atoms with Gasteiger partial charge in [-0.15, -0.1) is 0 Å². The number of carbonyl (C=O) groups is 1. The Morgan fingerprint density at radius 1 is 1.23 bits per heavy atom. The van der Waals surface area contributed by atoms with Crippen molar-refractivity contribution in [1.29, 1.82) is 0 Å². The van der Waals surface area contributed by atoms with Crippen LogP contribution in [0.25, 0.3) is 0 Å². The lowest BCUT2D eigenvalue weighted by Gasteiger charge is -2.46. The number of hydrogen-bond donors (Lipinski definition) is 2. The first-order chi connectivity index (χ1) is 14.6. The maximum atomic E-state index is 13.9. The van der Waals surface area contributed by atoms with Crippen LogP contribution in [-0.4, -0.2) is 40.4 Å². The highest BCUT2D eigenvalue weighted by Gasteiger charge is 2.73. The molecule has 1 heterocycles. The van der Waals surface area contributed by atoms with Gasteiger partial charge in [0.25, 0.3) is 0 Å². The van der Waals surface area contributed by atoms with Gasteiger partial charge in [0.05, 0.1) is 11.5 Å². The van der Waals surface area contributed by atoms with E-state index in [1.165, 1.54) is 0 Å². The van der Waals surface area contributed by atoms with Gasteiger partial charge in [-0.05, 0) is 86.2 Å². The monoisotopic (exact) mass is 430 g/mol. The molecule has 3 unspecified atom stereocenters. The quantitative estimate of drug-likeness (QED) is 0.448. The minimum absolute atomic E-state index is 0.0408. The number of carbonyl (C=O) groups excluding carboxylic acids is 1. The SMILES string of the molecule is CC(C)C/C=C/C(C)C1CCC(C2=C[C@@H]3O[C@@]34C[C@@H](O)CC[C@]4(C)C2=O)[C@]1(C)CCO. The molecule has 0 aromatic carbocycles. The first kappa shape index (κ1) is 23.2. The Labute approximate surface area is 188 Å². The van der Waals surface area contributed by atoms with Crippen LogP contribution in [0.2, 0.25) is 0 Å². The molecular weight excluding hydrogens is 388 g/mol. The lowest BCUT2D eigenvalue weighted by molar-refractivity contribution is -0.134. The van der Waals surface area contributed by atoms with Crippen LogP contribution in [-0.2, 0) is 9.53 Å². The molecule has 0 bridgehead atoms. The van der Waals surface area contributed by atoms with Crippen molar-refractivity contribution >= 4 is 5.78 Å². The van der Waals surface area contributed by atoms with Crippen LogP contribution >= 0.6 is 0 Å². The van der Waals surface area contributed by atoms with E-state index in [0.717, 1.165) is 31.3 Å². The van der Waals surface area contributed by atoms with Crippen molar-refractivity contribution in [2.45, 2.75) is 97.4 Å². The van der Waals surface area contributed by atoms with Gasteiger partial charge in [-0.25, -0.2) is 0 Å². The van der Waals surface area contributed by atoms with E-state index in [4.69, 9.17) is 4.74 Å². The minimum atomic E-state index is -0.526. The highest BCUT2D eigenvalue weighted by atomic mass is 16.6. The first-order valence-corrected chi connectivity index (χ1v) is 12.5. The van der Waals surface area contributed by atoms with Gasteiger partial charge in [-0.1, -0.05) is 39.8 Å². The fourth-order valence-corrected chi connectivity index (χ4v) is 7.39. The van der Waals surface area contributed by atoms with Crippen molar-refractivity contribution < 1.29 is 19.7 Å². The van der Waals surface area contributed by atoms with Crippen molar-refractivity contribution in [2.75, 3.05) is 6.61 Å². The molecule has 31 heavy (non-hydrogen) atoms. The van der Waals surface area contributed by atoms with E-state index in [-0.39, 0.29) is 35.9 Å². The topological polar surface area (TPSA) is 70.1 Å². The molecule has 1 aliphatic heterocycles. The van der Waals surface area contributed by atoms with Gasteiger partial charge in [-0.3, -0.25) is 4.79 Å². The zero-order valence-corrected chi connectivity index (χ0v) is 20.1. The molecular formula is C27H42O4. The fourth-order valence-electron chi connectivity index (χ4n) is 7.39. The van der Waals surface area contributed by atoms with E-state index in [2.05, 4.69) is 52.8 Å². The Hall–Kier alpha value is -0.970. The molecule has 1 spiro atoms. The summed E-state index contributed by atoms with van der Waals surface area (Å²) in [6.07, 6.45) is 12.2. The van der Waals surface area contributed by atoms with Crippen LogP contribution in [0.4, 0.5) is 0 Å². The third-order valence-corrected chi connectivity index (χ3v) is 9.40. The number of epoxide rings is 1. The largest absolute Gasteiger partial charge is 0.396 e. The number of aliphatic hydroxyl groups excluding tert-OH is 2. The normalized spacial score (nSPS) is 45.5. The second-order valence-corrected chi connectivity index (χ2v) is 11.7. The number of Topliss-reactive ketones (excluding diaryl/α,β-unsaturated/α-hetero) is 1. The molecule has 4 nitrogen and oxygen atoms in total. The molecule has 3 fully saturated rings. The van der Waals surface area contributed by atoms with Crippen molar-refractivity contribution in [1.82, 2.24) is 0 Å². The summed E-state index contributed by atoms with van der Waals surface area (Å²) in [7, 11) is 0. The Morgan fingerprint density at radius 3 is 2.65 bits per heavy atom. The maximum Gasteiger partial charge on any atom is 0.167 e. The average Bonchev–Trinajstić information content (AvgIpc) is 3.29. The smallest absolute Gasteiger partial charge is 0.167 e. The molecule has 0 amide bonds. The number of aliphatic hydroxyl groups is 2. The Kier molecular flexibility index (Phi) is 6.07. The van der Waals surface area contributed by atoms with E-state index in [1.54, 1.807) is 0 Å². The van der Waals surface area contributed by atoms with E-state index < -0.39 is 11.0 Å². The zero-order valence-electron chi connectivity index (χ0n) is 20.1. The van der Waals surface area contributed by atoms with Crippen LogP contribution in [0.3, 0.4) is 0 Å². The second kappa shape index (κ2) is 8.11. The van der Waals surface area contributed by atoms with Gasteiger partial charge >= 0.3 is 0 Å². The number of ketones is 1. The summed E-state index contributed by atoms with van der Waals surface area (Å²) >= 11 is 0. The third-order valence-electron chi connectivity index (χ3n) is 9.40. The summed E-state index contributed by atoms with van der Waals surface area (Å²) in [5.41, 5.74) is -0.156. The first-order valence-electron chi connectivity index (χ1n) is 12.5. The van der Waals surface area contributed by atoms with Gasteiger partial charge < -0.3 is 14.9 Å². The van der Waals surface area contributed by atoms with Gasteiger partial charge in [0, 0.05) is 13.0 Å². The molecule has 2 saturated carbocycles. The van der Waals surface area contributed by atoms with Gasteiger partial charge in [0.2, 0.25) is 0 Å². The van der Waals surface area contributed by atoms with Crippen molar-refractivity contribution in [3.8, 4) is 0 Å². The summed E-state index contributed by atoms with van der Waals surface area (Å²) in [6.45, 7) is 11.3. The number of ether oxygens (including phenoxy) is 1. The van der Waals surface area contributed by atoms with Crippen LogP contribution in [0, 0.1) is 34.5 Å². The third kappa shape index (κ3) is 3.57. The summed E-state index contributed by atoms with van der Waals surface area (Å²) in [6, 6.07) is 0. The summed E-state index contributed by atoms with van der Waals surface area (Å²) in [5, 5.41) is 20.2. The molecule has 4 aliphatic rings. The Morgan fingerprint density at radius 2 is 1.97 bits per heavy atom. The van der Waals surface area contributed by atoms with Gasteiger partial charge in [-0.2, -0.15) is 0 Å². The van der Waals surface area contributed by atoms with Crippen LogP contribution < -0.4 is 0 Å². The highest BCUT2D eigenvalue weighted by molar-refractivity contribution is 6.03. The van der Waals surface area contributed by atoms with Crippen molar-refractivity contribution in [3.63, 3.8) is 0 Å².